The van der Waals surface area contributed by atoms with Crippen LogP contribution in [0.3, 0.4) is 0 Å². The summed E-state index contributed by atoms with van der Waals surface area (Å²) in [5.41, 5.74) is 9.12. The van der Waals surface area contributed by atoms with Gasteiger partial charge in [-0.15, -0.1) is 0 Å². The second-order valence-electron chi connectivity index (χ2n) is 10.4. The third-order valence-corrected chi connectivity index (χ3v) is 7.83. The number of rotatable bonds is 6. The van der Waals surface area contributed by atoms with Crippen LogP contribution < -0.4 is 15.0 Å². The van der Waals surface area contributed by atoms with Crippen molar-refractivity contribution < 1.29 is 4.74 Å². The number of hydrogen-bond donors (Lipinski definition) is 1. The average molecular weight is 545 g/mol. The summed E-state index contributed by atoms with van der Waals surface area (Å²) < 4.78 is 8.43. The fourth-order valence-corrected chi connectivity index (χ4v) is 5.96. The van der Waals surface area contributed by atoms with E-state index < -0.39 is 0 Å². The number of hydrogen-bond acceptors (Lipinski definition) is 3. The van der Waals surface area contributed by atoms with Gasteiger partial charge in [-0.3, -0.25) is 4.98 Å². The third-order valence-electron chi connectivity index (χ3n) is 7.52. The van der Waals surface area contributed by atoms with Crippen LogP contribution in [0.15, 0.2) is 103 Å². The Morgan fingerprint density at radius 3 is 2.15 bits per heavy atom. The first kappa shape index (κ1) is 25.8. The van der Waals surface area contributed by atoms with E-state index in [4.69, 9.17) is 21.9 Å². The quantitative estimate of drug-likeness (QED) is 0.219. The lowest BCUT2D eigenvalue weighted by Crippen LogP contribution is -2.29. The number of nitrogens with one attached hydrogen (secondary N) is 1. The Kier molecular flexibility index (Phi) is 6.86. The SMILES string of the molecule is Cc1ccc(Oc2ccc(N3C(=S)N[C@H](c4ccccn4)[C@@H]3c3cc(C)n(-c4cccc(C)c4)c3C)cc2)cc1. The van der Waals surface area contributed by atoms with Gasteiger partial charge in [-0.1, -0.05) is 35.9 Å². The summed E-state index contributed by atoms with van der Waals surface area (Å²) in [6, 6.07) is 33.0. The van der Waals surface area contributed by atoms with Gasteiger partial charge in [0, 0.05) is 29.0 Å². The van der Waals surface area contributed by atoms with Crippen molar-refractivity contribution in [2.24, 2.45) is 0 Å². The highest BCUT2D eigenvalue weighted by Crippen LogP contribution is 2.44. The minimum Gasteiger partial charge on any atom is -0.457 e. The Hall–Kier alpha value is -4.42. The molecule has 40 heavy (non-hydrogen) atoms. The molecule has 5 nitrogen and oxygen atoms in total. The zero-order chi connectivity index (χ0) is 27.8. The standard InChI is InChI=1S/C34H32N4OS/c1-22-11-15-28(16-12-22)39-29-17-13-26(14-18-29)38-33(32(36-34(38)40)31-10-5-6-19-35-31)30-21-24(3)37(25(30)4)27-9-7-8-23(2)20-27/h5-21,32-33H,1-4H3,(H,36,40)/t32-,33+/m1/s1. The van der Waals surface area contributed by atoms with Crippen molar-refractivity contribution in [1.29, 1.82) is 0 Å². The number of pyridine rings is 1. The van der Waals surface area contributed by atoms with Gasteiger partial charge in [0.25, 0.3) is 0 Å². The number of benzene rings is 3. The molecule has 3 aromatic carbocycles. The monoisotopic (exact) mass is 544 g/mol. The van der Waals surface area contributed by atoms with Gasteiger partial charge in [0.05, 0.1) is 17.8 Å². The second-order valence-corrected chi connectivity index (χ2v) is 10.8. The fourth-order valence-electron chi connectivity index (χ4n) is 5.62. The van der Waals surface area contributed by atoms with Gasteiger partial charge in [-0.25, -0.2) is 0 Å². The number of thiocarbonyl (C=S) groups is 1. The normalized spacial score (nSPS) is 16.7. The van der Waals surface area contributed by atoms with Crippen molar-refractivity contribution in [3.8, 4) is 17.2 Å². The Balaban J connectivity index is 1.41. The van der Waals surface area contributed by atoms with Gasteiger partial charge in [-0.2, -0.15) is 0 Å². The van der Waals surface area contributed by atoms with Crippen LogP contribution in [0.1, 0.15) is 45.9 Å². The van der Waals surface area contributed by atoms with Crippen molar-refractivity contribution in [2.45, 2.75) is 39.8 Å². The maximum absolute atomic E-state index is 6.10. The molecule has 1 aliphatic rings. The predicted octanol–water partition coefficient (Wildman–Crippen LogP) is 8.08. The molecule has 0 bridgehead atoms. The van der Waals surface area contributed by atoms with E-state index in [2.05, 4.69) is 91.0 Å². The molecule has 2 aromatic heterocycles. The topological polar surface area (TPSA) is 42.3 Å². The van der Waals surface area contributed by atoms with Crippen molar-refractivity contribution in [1.82, 2.24) is 14.9 Å². The minimum atomic E-state index is -0.108. The fraction of sp³-hybridized carbons (Fsp3) is 0.176. The molecule has 6 rings (SSSR count). The largest absolute Gasteiger partial charge is 0.457 e. The summed E-state index contributed by atoms with van der Waals surface area (Å²) in [5, 5.41) is 4.26. The van der Waals surface area contributed by atoms with E-state index in [1.165, 1.54) is 28.1 Å². The molecule has 0 spiro atoms. The summed E-state index contributed by atoms with van der Waals surface area (Å²) in [6.07, 6.45) is 1.84. The minimum absolute atomic E-state index is 0.0870. The lowest BCUT2D eigenvalue weighted by Gasteiger charge is -2.28. The lowest BCUT2D eigenvalue weighted by atomic mass is 9.96. The first-order valence-electron chi connectivity index (χ1n) is 13.5. The molecule has 1 fully saturated rings. The summed E-state index contributed by atoms with van der Waals surface area (Å²) >= 11 is 5.97. The third kappa shape index (κ3) is 4.87. The summed E-state index contributed by atoms with van der Waals surface area (Å²) in [6.45, 7) is 8.55. The van der Waals surface area contributed by atoms with Crippen LogP contribution in [0, 0.1) is 27.7 Å². The molecule has 0 unspecified atom stereocenters. The van der Waals surface area contributed by atoms with Gasteiger partial charge >= 0.3 is 0 Å². The van der Waals surface area contributed by atoms with Gasteiger partial charge in [0.1, 0.15) is 11.5 Å². The number of nitrogens with zero attached hydrogens (tertiary/aromatic N) is 3. The van der Waals surface area contributed by atoms with Crippen molar-refractivity contribution in [3.63, 3.8) is 0 Å². The van der Waals surface area contributed by atoms with E-state index in [9.17, 15) is 0 Å². The second kappa shape index (κ2) is 10.6. The average Bonchev–Trinajstić information content (AvgIpc) is 3.45. The molecule has 3 heterocycles. The van der Waals surface area contributed by atoms with Crippen LogP contribution in [0.2, 0.25) is 0 Å². The van der Waals surface area contributed by atoms with E-state index in [-0.39, 0.29) is 12.1 Å². The maximum atomic E-state index is 6.10. The highest BCUT2D eigenvalue weighted by Gasteiger charge is 2.42. The van der Waals surface area contributed by atoms with Crippen molar-refractivity contribution >= 4 is 23.0 Å². The molecule has 2 atom stereocenters. The molecule has 6 heteroatoms. The maximum Gasteiger partial charge on any atom is 0.174 e. The zero-order valence-corrected chi connectivity index (χ0v) is 23.9. The molecule has 5 aromatic rings. The molecular weight excluding hydrogens is 512 g/mol. The first-order valence-corrected chi connectivity index (χ1v) is 13.9. The summed E-state index contributed by atoms with van der Waals surface area (Å²) in [4.78, 5) is 6.93. The highest BCUT2D eigenvalue weighted by molar-refractivity contribution is 7.80. The van der Waals surface area contributed by atoms with E-state index in [0.717, 1.165) is 28.6 Å². The lowest BCUT2D eigenvalue weighted by molar-refractivity contribution is 0.482. The molecule has 1 saturated heterocycles. The molecule has 0 aliphatic carbocycles. The van der Waals surface area contributed by atoms with Crippen LogP contribution in [0.4, 0.5) is 5.69 Å². The summed E-state index contributed by atoms with van der Waals surface area (Å²) in [5.74, 6) is 1.59. The zero-order valence-electron chi connectivity index (χ0n) is 23.1. The smallest absolute Gasteiger partial charge is 0.174 e. The van der Waals surface area contributed by atoms with Crippen molar-refractivity contribution in [3.05, 3.63) is 137 Å². The van der Waals surface area contributed by atoms with Gasteiger partial charge in [0.2, 0.25) is 0 Å². The van der Waals surface area contributed by atoms with E-state index in [0.29, 0.717) is 5.11 Å². The van der Waals surface area contributed by atoms with Crippen LogP contribution in [-0.2, 0) is 0 Å². The predicted molar refractivity (Wildman–Crippen MR) is 166 cm³/mol. The Morgan fingerprint density at radius 2 is 1.48 bits per heavy atom. The Morgan fingerprint density at radius 1 is 0.750 bits per heavy atom. The number of aryl methyl sites for hydroxylation is 3. The first-order chi connectivity index (χ1) is 19.4. The van der Waals surface area contributed by atoms with Gasteiger partial charge < -0.3 is 19.5 Å². The van der Waals surface area contributed by atoms with E-state index in [1.54, 1.807) is 0 Å². The number of ether oxygens (including phenoxy) is 1. The van der Waals surface area contributed by atoms with Crippen LogP contribution in [0.5, 0.6) is 11.5 Å². The Bertz CT molecular complexity index is 1660. The Labute approximate surface area is 241 Å². The molecule has 1 N–H and O–H groups in total. The summed E-state index contributed by atoms with van der Waals surface area (Å²) in [7, 11) is 0. The van der Waals surface area contributed by atoms with Gasteiger partial charge in [0.15, 0.2) is 5.11 Å². The molecule has 1 aliphatic heterocycles. The number of anilines is 1. The van der Waals surface area contributed by atoms with Crippen LogP contribution in [-0.4, -0.2) is 14.7 Å². The molecule has 200 valence electrons. The van der Waals surface area contributed by atoms with E-state index in [1.807, 2.05) is 54.7 Å². The van der Waals surface area contributed by atoms with Crippen LogP contribution in [0.25, 0.3) is 5.69 Å². The highest BCUT2D eigenvalue weighted by atomic mass is 32.1. The van der Waals surface area contributed by atoms with E-state index >= 15 is 0 Å². The van der Waals surface area contributed by atoms with Crippen LogP contribution >= 0.6 is 12.2 Å². The molecule has 0 saturated carbocycles. The van der Waals surface area contributed by atoms with Gasteiger partial charge in [-0.05, 0) is 118 Å². The number of aromatic nitrogens is 2. The molecule has 0 radical (unpaired) electrons. The van der Waals surface area contributed by atoms with Crippen molar-refractivity contribution in [2.75, 3.05) is 4.90 Å². The molecule has 0 amide bonds. The molecular formula is C34H32N4OS.